The second-order valence-electron chi connectivity index (χ2n) is 10.6. The number of nitrogens with one attached hydrogen (secondary N) is 2. The summed E-state index contributed by atoms with van der Waals surface area (Å²) in [7, 11) is 6.12. The Morgan fingerprint density at radius 2 is 1.81 bits per heavy atom. The van der Waals surface area contributed by atoms with Crippen LogP contribution in [0.2, 0.25) is 0 Å². The van der Waals surface area contributed by atoms with Crippen molar-refractivity contribution in [1.29, 1.82) is 0 Å². The van der Waals surface area contributed by atoms with Crippen LogP contribution in [0.15, 0.2) is 42.6 Å². The summed E-state index contributed by atoms with van der Waals surface area (Å²) in [6.07, 6.45) is 3.94. The Morgan fingerprint density at radius 1 is 1.09 bits per heavy atom. The van der Waals surface area contributed by atoms with Gasteiger partial charge in [-0.2, -0.15) is 0 Å². The second kappa shape index (κ2) is 14.5. The number of carbonyl (C=O) groups excluding carboxylic acids is 1. The number of anilines is 3. The largest absolute Gasteiger partial charge is 0.382 e. The highest BCUT2D eigenvalue weighted by Gasteiger charge is 2.25. The summed E-state index contributed by atoms with van der Waals surface area (Å²) in [5, 5.41) is 12.5. The lowest BCUT2D eigenvalue weighted by molar-refractivity contribution is -0.116. The first-order valence-corrected chi connectivity index (χ1v) is 14.0. The lowest BCUT2D eigenvalue weighted by atomic mass is 10.1. The highest BCUT2D eigenvalue weighted by molar-refractivity contribution is 6.13. The molecule has 0 saturated carbocycles. The van der Waals surface area contributed by atoms with Gasteiger partial charge >= 0.3 is 11.7 Å². The number of benzene rings is 2. The van der Waals surface area contributed by atoms with E-state index in [-0.39, 0.29) is 34.6 Å². The standard InChI is InChI=1S/C31H36F2N8O2/c1-40(2)11-4-12-41(3)25-7-8-26(27(18-25)37-23-9-13-43-14-10-23)31(42)39-30(35)28-29(34)36-19-24(38-28)6-5-20-15-21(32)17-22(33)16-20/h7-8,15-19,23,37H,4,9-14H2,1-3H3,(H2,34,36)(H2,35,39,42)/p+1. The number of amides is 1. The molecule has 1 saturated heterocycles. The fourth-order valence-electron chi connectivity index (χ4n) is 4.57. The van der Waals surface area contributed by atoms with Crippen molar-refractivity contribution in [2.24, 2.45) is 0 Å². The van der Waals surface area contributed by atoms with Crippen molar-refractivity contribution in [3.05, 3.63) is 76.7 Å². The number of nitrogens with zero attached hydrogens (tertiary/aromatic N) is 4. The van der Waals surface area contributed by atoms with Crippen LogP contribution in [0.5, 0.6) is 0 Å². The SMILES string of the molecule is CN(C)CCCN(C)c1ccc(C(=O)NC(=[NH2+])c2nc(C#Cc3cc(F)cc(F)c3)cnc2N)c(NC2CCOCC2)c1. The van der Waals surface area contributed by atoms with Crippen LogP contribution in [0.25, 0.3) is 0 Å². The number of hydrogen-bond donors (Lipinski definition) is 4. The Kier molecular flexibility index (Phi) is 10.6. The molecule has 0 spiro atoms. The average molecular weight is 592 g/mol. The molecule has 43 heavy (non-hydrogen) atoms. The number of halogens is 2. The van der Waals surface area contributed by atoms with Crippen LogP contribution < -0.4 is 26.7 Å². The Labute approximate surface area is 250 Å². The van der Waals surface area contributed by atoms with Gasteiger partial charge in [-0.3, -0.25) is 5.41 Å². The van der Waals surface area contributed by atoms with Crippen molar-refractivity contribution >= 4 is 28.9 Å². The number of ether oxygens (including phenoxy) is 1. The summed E-state index contributed by atoms with van der Waals surface area (Å²) >= 11 is 0. The fourth-order valence-corrected chi connectivity index (χ4v) is 4.57. The molecule has 0 bridgehead atoms. The van der Waals surface area contributed by atoms with E-state index in [1.807, 2.05) is 33.3 Å². The topological polar surface area (TPSA) is 134 Å². The minimum atomic E-state index is -0.747. The first-order chi connectivity index (χ1) is 20.6. The van der Waals surface area contributed by atoms with Crippen molar-refractivity contribution in [3.63, 3.8) is 0 Å². The molecule has 1 fully saturated rings. The predicted molar refractivity (Wildman–Crippen MR) is 163 cm³/mol. The number of amidine groups is 1. The zero-order chi connectivity index (χ0) is 30.9. The molecular weight excluding hydrogens is 554 g/mol. The summed E-state index contributed by atoms with van der Waals surface area (Å²) in [5.41, 5.74) is 8.36. The van der Waals surface area contributed by atoms with Crippen molar-refractivity contribution in [2.45, 2.75) is 25.3 Å². The Balaban J connectivity index is 1.54. The summed E-state index contributed by atoms with van der Waals surface area (Å²) in [6.45, 7) is 3.12. The van der Waals surface area contributed by atoms with E-state index in [0.29, 0.717) is 24.5 Å². The molecule has 0 unspecified atom stereocenters. The highest BCUT2D eigenvalue weighted by atomic mass is 19.1. The van der Waals surface area contributed by atoms with E-state index >= 15 is 0 Å². The molecule has 0 radical (unpaired) electrons. The maximum atomic E-state index is 13.5. The zero-order valence-electron chi connectivity index (χ0n) is 24.6. The molecule has 6 N–H and O–H groups in total. The van der Waals surface area contributed by atoms with Gasteiger partial charge in [-0.15, -0.1) is 0 Å². The van der Waals surface area contributed by atoms with Crippen LogP contribution in [0.1, 0.15) is 46.6 Å². The van der Waals surface area contributed by atoms with Crippen LogP contribution in [0, 0.1) is 23.5 Å². The molecule has 226 valence electrons. The molecule has 12 heteroatoms. The number of nitrogen functional groups attached to an aromatic ring is 1. The second-order valence-corrected chi connectivity index (χ2v) is 10.6. The lowest BCUT2D eigenvalue weighted by Gasteiger charge is -2.26. The molecule has 10 nitrogen and oxygen atoms in total. The molecule has 1 aromatic heterocycles. The number of carbonyl (C=O) groups is 1. The molecule has 4 rings (SSSR count). The quantitative estimate of drug-likeness (QED) is 0.168. The zero-order valence-corrected chi connectivity index (χ0v) is 24.6. The molecule has 1 aliphatic heterocycles. The Morgan fingerprint density at radius 3 is 2.51 bits per heavy atom. The van der Waals surface area contributed by atoms with E-state index in [1.54, 1.807) is 6.07 Å². The summed E-state index contributed by atoms with van der Waals surface area (Å²) in [6, 6.07) is 8.73. The van der Waals surface area contributed by atoms with Gasteiger partial charge < -0.3 is 25.6 Å². The third kappa shape index (κ3) is 8.94. The molecule has 2 aromatic carbocycles. The van der Waals surface area contributed by atoms with Gasteiger partial charge in [0.25, 0.3) is 0 Å². The van der Waals surface area contributed by atoms with E-state index in [2.05, 4.69) is 42.2 Å². The van der Waals surface area contributed by atoms with Gasteiger partial charge in [0, 0.05) is 50.2 Å². The van der Waals surface area contributed by atoms with Gasteiger partial charge in [0.1, 0.15) is 17.3 Å². The maximum absolute atomic E-state index is 13.5. The van der Waals surface area contributed by atoms with Gasteiger partial charge in [0.15, 0.2) is 11.5 Å². The normalized spacial score (nSPS) is 13.3. The number of nitrogens with two attached hydrogens (primary N) is 2. The Hall–Kier alpha value is -4.60. The molecule has 0 aliphatic carbocycles. The van der Waals surface area contributed by atoms with Crippen LogP contribution >= 0.6 is 0 Å². The number of rotatable bonds is 9. The monoisotopic (exact) mass is 591 g/mol. The van der Waals surface area contributed by atoms with E-state index in [1.165, 1.54) is 6.20 Å². The van der Waals surface area contributed by atoms with Gasteiger partial charge in [-0.1, -0.05) is 5.92 Å². The molecular formula is C31H37F2N8O2+. The van der Waals surface area contributed by atoms with Gasteiger partial charge in [0.2, 0.25) is 0 Å². The van der Waals surface area contributed by atoms with Gasteiger partial charge in [0.05, 0.1) is 17.4 Å². The summed E-state index contributed by atoms with van der Waals surface area (Å²) in [4.78, 5) is 26.2. The highest BCUT2D eigenvalue weighted by Crippen LogP contribution is 2.26. The van der Waals surface area contributed by atoms with Crippen LogP contribution in [0.4, 0.5) is 26.0 Å². The van der Waals surface area contributed by atoms with Gasteiger partial charge in [-0.25, -0.2) is 28.9 Å². The first kappa shape index (κ1) is 31.3. The van der Waals surface area contributed by atoms with E-state index in [4.69, 9.17) is 15.9 Å². The van der Waals surface area contributed by atoms with Gasteiger partial charge in [-0.05, 0) is 76.2 Å². The van der Waals surface area contributed by atoms with Crippen molar-refractivity contribution in [1.82, 2.24) is 20.2 Å². The van der Waals surface area contributed by atoms with E-state index in [9.17, 15) is 13.6 Å². The smallest absolute Gasteiger partial charge is 0.341 e. The van der Waals surface area contributed by atoms with Crippen molar-refractivity contribution in [3.8, 4) is 11.8 Å². The van der Waals surface area contributed by atoms with Crippen molar-refractivity contribution in [2.75, 3.05) is 63.4 Å². The number of hydrogen-bond acceptors (Lipinski definition) is 8. The predicted octanol–water partition coefficient (Wildman–Crippen LogP) is 1.65. The Bertz CT molecular complexity index is 1510. The van der Waals surface area contributed by atoms with Crippen LogP contribution in [-0.2, 0) is 4.74 Å². The third-order valence-corrected chi connectivity index (χ3v) is 6.87. The first-order valence-electron chi connectivity index (χ1n) is 14.0. The third-order valence-electron chi connectivity index (χ3n) is 6.87. The maximum Gasteiger partial charge on any atom is 0.341 e. The molecule has 3 aromatic rings. The lowest BCUT2D eigenvalue weighted by Crippen LogP contribution is -2.52. The molecule has 1 amide bonds. The van der Waals surface area contributed by atoms with E-state index < -0.39 is 17.5 Å². The van der Waals surface area contributed by atoms with Crippen LogP contribution in [-0.4, -0.2) is 80.1 Å². The van der Waals surface area contributed by atoms with Crippen LogP contribution in [0.3, 0.4) is 0 Å². The fraction of sp³-hybridized carbons (Fsp3) is 0.355. The summed E-state index contributed by atoms with van der Waals surface area (Å²) in [5.74, 6) is 3.25. The average Bonchev–Trinajstić information content (AvgIpc) is 2.96. The molecule has 2 heterocycles. The summed E-state index contributed by atoms with van der Waals surface area (Å²) < 4.78 is 32.5. The minimum absolute atomic E-state index is 0.0181. The number of aromatic nitrogens is 2. The minimum Gasteiger partial charge on any atom is -0.382 e. The molecule has 1 aliphatic rings. The van der Waals surface area contributed by atoms with E-state index in [0.717, 1.165) is 56.2 Å². The molecule has 0 atom stereocenters. The van der Waals surface area contributed by atoms with Crippen molar-refractivity contribution < 1.29 is 23.7 Å².